The molecule has 0 amide bonds. The van der Waals surface area contributed by atoms with Crippen LogP contribution in [0.5, 0.6) is 0 Å². The number of hydrogen-bond acceptors (Lipinski definition) is 3. The first-order chi connectivity index (χ1) is 4.81. The number of hydrogen-bond donors (Lipinski definition) is 1. The third-order valence-electron chi connectivity index (χ3n) is 0.675. The summed E-state index contributed by atoms with van der Waals surface area (Å²) >= 11 is 6.29. The number of rotatable bonds is 6. The summed E-state index contributed by atoms with van der Waals surface area (Å²) < 4.78 is 9.52. The Labute approximate surface area is 77.5 Å². The highest BCUT2D eigenvalue weighted by Crippen LogP contribution is 1.89. The smallest absolute Gasteiger partial charge is 0.402 e. The van der Waals surface area contributed by atoms with Gasteiger partial charge in [0.05, 0.1) is 0 Å². The summed E-state index contributed by atoms with van der Waals surface area (Å²) in [6.45, 7) is 0.896. The molecule has 0 aliphatic carbocycles. The molecule has 0 unspecified atom stereocenters. The molecule has 0 atom stereocenters. The van der Waals surface area contributed by atoms with E-state index in [1.165, 1.54) is 0 Å². The quantitative estimate of drug-likeness (QED) is 0.575. The molecule has 0 rings (SSSR count). The van der Waals surface area contributed by atoms with Gasteiger partial charge in [0.1, 0.15) is 0 Å². The Hall–Kier alpha value is 0.905. The van der Waals surface area contributed by atoms with Crippen LogP contribution in [0.15, 0.2) is 0 Å². The SMILES string of the molecule is OB(OCCBr)OCCBr. The van der Waals surface area contributed by atoms with E-state index in [0.29, 0.717) is 23.9 Å². The standard InChI is InChI=1S/C4H9BBr2O3/c6-1-3-9-5(8)10-4-2-7/h8H,1-4H2. The van der Waals surface area contributed by atoms with Crippen LogP contribution in [-0.2, 0) is 9.31 Å². The topological polar surface area (TPSA) is 38.7 Å². The Kier molecular flexibility index (Phi) is 8.73. The Balaban J connectivity index is 3.00. The summed E-state index contributed by atoms with van der Waals surface area (Å²) in [4.78, 5) is 0. The van der Waals surface area contributed by atoms with Gasteiger partial charge in [0.2, 0.25) is 0 Å². The van der Waals surface area contributed by atoms with Gasteiger partial charge in [0.25, 0.3) is 0 Å². The van der Waals surface area contributed by atoms with Crippen LogP contribution in [0, 0.1) is 0 Å². The van der Waals surface area contributed by atoms with E-state index in [0.717, 1.165) is 0 Å². The second-order valence-electron chi connectivity index (χ2n) is 1.43. The first kappa shape index (κ1) is 10.9. The van der Waals surface area contributed by atoms with Crippen molar-refractivity contribution in [1.82, 2.24) is 0 Å². The normalized spacial score (nSPS) is 9.90. The molecule has 0 aliphatic heterocycles. The zero-order valence-electron chi connectivity index (χ0n) is 5.43. The average molecular weight is 276 g/mol. The van der Waals surface area contributed by atoms with Crippen molar-refractivity contribution in [2.45, 2.75) is 0 Å². The minimum absolute atomic E-state index is 0.448. The molecule has 0 saturated carbocycles. The van der Waals surface area contributed by atoms with Gasteiger partial charge in [-0.25, -0.2) is 0 Å². The van der Waals surface area contributed by atoms with Gasteiger partial charge in [-0.05, 0) is 0 Å². The Morgan fingerprint density at radius 3 is 1.80 bits per heavy atom. The molecule has 10 heavy (non-hydrogen) atoms. The highest BCUT2D eigenvalue weighted by Gasteiger charge is 2.13. The van der Waals surface area contributed by atoms with Crippen molar-refractivity contribution in [2.75, 3.05) is 23.9 Å². The molecular formula is C4H9BBr2O3. The van der Waals surface area contributed by atoms with E-state index in [-0.39, 0.29) is 0 Å². The van der Waals surface area contributed by atoms with Gasteiger partial charge in [-0.1, -0.05) is 31.9 Å². The lowest BCUT2D eigenvalue weighted by Gasteiger charge is -2.04. The van der Waals surface area contributed by atoms with Crippen molar-refractivity contribution in [3.63, 3.8) is 0 Å². The Morgan fingerprint density at radius 2 is 1.50 bits per heavy atom. The van der Waals surface area contributed by atoms with E-state index < -0.39 is 7.32 Å². The highest BCUT2D eigenvalue weighted by molar-refractivity contribution is 9.09. The summed E-state index contributed by atoms with van der Waals surface area (Å²) in [7, 11) is -1.09. The van der Waals surface area contributed by atoms with E-state index in [9.17, 15) is 0 Å². The molecule has 0 aromatic carbocycles. The second kappa shape index (κ2) is 8.01. The van der Waals surface area contributed by atoms with Gasteiger partial charge >= 0.3 is 7.32 Å². The lowest BCUT2D eigenvalue weighted by molar-refractivity contribution is 0.148. The maximum Gasteiger partial charge on any atom is 0.636 e. The van der Waals surface area contributed by atoms with Crippen LogP contribution in [0.2, 0.25) is 0 Å². The van der Waals surface area contributed by atoms with E-state index in [2.05, 4.69) is 31.9 Å². The molecule has 0 aromatic heterocycles. The Bertz CT molecular complexity index is 67.5. The van der Waals surface area contributed by atoms with Crippen molar-refractivity contribution in [2.24, 2.45) is 0 Å². The zero-order chi connectivity index (χ0) is 7.82. The third kappa shape index (κ3) is 7.02. The Morgan fingerprint density at radius 1 is 1.10 bits per heavy atom. The molecule has 0 aromatic rings. The van der Waals surface area contributed by atoms with Gasteiger partial charge in [-0.2, -0.15) is 0 Å². The highest BCUT2D eigenvalue weighted by atomic mass is 79.9. The number of halogens is 2. The summed E-state index contributed by atoms with van der Waals surface area (Å²) in [5, 5.41) is 10.2. The van der Waals surface area contributed by atoms with E-state index >= 15 is 0 Å². The molecular weight excluding hydrogens is 267 g/mol. The predicted octanol–water partition coefficient (Wildman–Crippen LogP) is 0.787. The molecule has 0 radical (unpaired) electrons. The molecule has 0 bridgehead atoms. The maximum absolute atomic E-state index is 8.83. The van der Waals surface area contributed by atoms with Crippen LogP contribution in [0.25, 0.3) is 0 Å². The molecule has 0 fully saturated rings. The average Bonchev–Trinajstić information content (AvgIpc) is 1.97. The van der Waals surface area contributed by atoms with Crippen LogP contribution in [0.3, 0.4) is 0 Å². The lowest BCUT2D eigenvalue weighted by atomic mass is 10.2. The van der Waals surface area contributed by atoms with Crippen LogP contribution >= 0.6 is 31.9 Å². The molecule has 0 spiro atoms. The first-order valence-corrected chi connectivity index (χ1v) is 5.08. The predicted molar refractivity (Wildman–Crippen MR) is 47.5 cm³/mol. The molecule has 0 aliphatic rings. The maximum atomic E-state index is 8.83. The summed E-state index contributed by atoms with van der Waals surface area (Å²) in [5.74, 6) is 0. The van der Waals surface area contributed by atoms with Crippen molar-refractivity contribution < 1.29 is 14.3 Å². The van der Waals surface area contributed by atoms with Gasteiger partial charge in [-0.3, -0.25) is 0 Å². The molecule has 6 heteroatoms. The molecule has 1 N–H and O–H groups in total. The largest absolute Gasteiger partial charge is 0.636 e. The first-order valence-electron chi connectivity index (χ1n) is 2.84. The van der Waals surface area contributed by atoms with Crippen molar-refractivity contribution in [3.8, 4) is 0 Å². The van der Waals surface area contributed by atoms with Crippen LogP contribution in [0.1, 0.15) is 0 Å². The fourth-order valence-corrected chi connectivity index (χ4v) is 0.713. The van der Waals surface area contributed by atoms with Gasteiger partial charge < -0.3 is 14.3 Å². The summed E-state index contributed by atoms with van der Waals surface area (Å²) in [6, 6.07) is 0. The van der Waals surface area contributed by atoms with Crippen molar-refractivity contribution >= 4 is 39.2 Å². The fraction of sp³-hybridized carbons (Fsp3) is 1.00. The second-order valence-corrected chi connectivity index (χ2v) is 3.01. The minimum atomic E-state index is -1.09. The number of alkyl halides is 2. The fourth-order valence-electron chi connectivity index (χ4n) is 0.339. The van der Waals surface area contributed by atoms with E-state index in [1.54, 1.807) is 0 Å². The summed E-state index contributed by atoms with van der Waals surface area (Å²) in [5.41, 5.74) is 0. The minimum Gasteiger partial charge on any atom is -0.402 e. The molecule has 0 saturated heterocycles. The van der Waals surface area contributed by atoms with E-state index in [1.807, 2.05) is 0 Å². The summed E-state index contributed by atoms with van der Waals surface area (Å²) in [6.07, 6.45) is 0. The molecule has 60 valence electrons. The molecule has 0 heterocycles. The van der Waals surface area contributed by atoms with Crippen LogP contribution < -0.4 is 0 Å². The van der Waals surface area contributed by atoms with E-state index in [4.69, 9.17) is 14.3 Å². The van der Waals surface area contributed by atoms with Crippen molar-refractivity contribution in [3.05, 3.63) is 0 Å². The lowest BCUT2D eigenvalue weighted by Crippen LogP contribution is -2.24. The van der Waals surface area contributed by atoms with Crippen LogP contribution in [-0.4, -0.2) is 36.2 Å². The van der Waals surface area contributed by atoms with Crippen molar-refractivity contribution in [1.29, 1.82) is 0 Å². The van der Waals surface area contributed by atoms with Crippen LogP contribution in [0.4, 0.5) is 0 Å². The molecule has 3 nitrogen and oxygen atoms in total. The van der Waals surface area contributed by atoms with Gasteiger partial charge in [0, 0.05) is 23.9 Å². The van der Waals surface area contributed by atoms with Gasteiger partial charge in [0.15, 0.2) is 0 Å². The third-order valence-corrected chi connectivity index (χ3v) is 1.32. The monoisotopic (exact) mass is 274 g/mol. The zero-order valence-corrected chi connectivity index (χ0v) is 8.60. The van der Waals surface area contributed by atoms with Gasteiger partial charge in [-0.15, -0.1) is 0 Å².